The Bertz CT molecular complexity index is 1470. The molecule has 180 valence electrons. The van der Waals surface area contributed by atoms with Crippen molar-refractivity contribution in [2.75, 3.05) is 5.75 Å². The summed E-state index contributed by atoms with van der Waals surface area (Å²) >= 11 is -0.333. The van der Waals surface area contributed by atoms with Crippen molar-refractivity contribution in [2.24, 2.45) is 0 Å². The van der Waals surface area contributed by atoms with E-state index in [-0.39, 0.29) is 50.2 Å². The molecule has 7 nitrogen and oxygen atoms in total. The molecule has 15 heteroatoms. The SMILES string of the molecule is CCS(=O)(=O)c1ccc(-n2ccc(C(F)(F)F)n2)nc1-c1cn2ccc(SC(F)(F)F)cc2n1. The molecule has 0 N–H and O–H groups in total. The first-order valence-electron chi connectivity index (χ1n) is 9.39. The summed E-state index contributed by atoms with van der Waals surface area (Å²) in [5.74, 6) is -0.397. The quantitative estimate of drug-likeness (QED) is 0.271. The number of halogens is 6. The highest BCUT2D eigenvalue weighted by Crippen LogP contribution is 2.37. The summed E-state index contributed by atoms with van der Waals surface area (Å²) < 4.78 is 104. The fraction of sp³-hybridized carbons (Fsp3) is 0.211. The predicted octanol–water partition coefficient (Wildman–Crippen LogP) is 5.01. The zero-order valence-electron chi connectivity index (χ0n) is 17.0. The number of hydrogen-bond acceptors (Lipinski definition) is 6. The molecule has 4 rings (SSSR count). The molecule has 0 amide bonds. The molecule has 0 saturated heterocycles. The van der Waals surface area contributed by atoms with E-state index in [1.54, 1.807) is 0 Å². The van der Waals surface area contributed by atoms with Crippen LogP contribution in [0.2, 0.25) is 0 Å². The lowest BCUT2D eigenvalue weighted by atomic mass is 10.3. The highest BCUT2D eigenvalue weighted by atomic mass is 32.2. The third-order valence-electron chi connectivity index (χ3n) is 4.58. The molecule has 0 spiro atoms. The zero-order chi connectivity index (χ0) is 24.9. The molecule has 0 aliphatic carbocycles. The Labute approximate surface area is 192 Å². The topological polar surface area (TPSA) is 82.1 Å². The second kappa shape index (κ2) is 8.30. The van der Waals surface area contributed by atoms with E-state index in [4.69, 9.17) is 0 Å². The molecule has 4 heterocycles. The molecule has 4 aromatic rings. The maximum atomic E-state index is 12.9. The summed E-state index contributed by atoms with van der Waals surface area (Å²) in [6.07, 6.45) is -0.982. The van der Waals surface area contributed by atoms with Gasteiger partial charge in [0, 0.05) is 23.5 Å². The summed E-state index contributed by atoms with van der Waals surface area (Å²) in [5, 5.41) is 3.43. The Morgan fingerprint density at radius 3 is 2.35 bits per heavy atom. The van der Waals surface area contributed by atoms with Gasteiger partial charge in [-0.15, -0.1) is 0 Å². The van der Waals surface area contributed by atoms with Crippen LogP contribution in [-0.2, 0) is 16.0 Å². The van der Waals surface area contributed by atoms with Crippen molar-refractivity contribution >= 4 is 27.2 Å². The first-order valence-corrected chi connectivity index (χ1v) is 11.9. The Balaban J connectivity index is 1.85. The van der Waals surface area contributed by atoms with E-state index in [1.807, 2.05) is 0 Å². The van der Waals surface area contributed by atoms with E-state index in [0.29, 0.717) is 0 Å². The van der Waals surface area contributed by atoms with E-state index < -0.39 is 27.2 Å². The fourth-order valence-electron chi connectivity index (χ4n) is 3.03. The smallest absolute Gasteiger partial charge is 0.306 e. The minimum absolute atomic E-state index is 0.00577. The second-order valence-electron chi connectivity index (χ2n) is 6.86. The first-order chi connectivity index (χ1) is 15.8. The minimum atomic E-state index is -4.69. The fourth-order valence-corrected chi connectivity index (χ4v) is 4.62. The predicted molar refractivity (Wildman–Crippen MR) is 110 cm³/mol. The highest BCUT2D eigenvalue weighted by molar-refractivity contribution is 8.00. The summed E-state index contributed by atoms with van der Waals surface area (Å²) in [6, 6.07) is 5.51. The summed E-state index contributed by atoms with van der Waals surface area (Å²) in [5.41, 5.74) is -5.74. The normalized spacial score (nSPS) is 13.0. The average Bonchev–Trinajstić information content (AvgIpc) is 3.39. The monoisotopic (exact) mass is 521 g/mol. The number of thioether (sulfide) groups is 1. The summed E-state index contributed by atoms with van der Waals surface area (Å²) in [4.78, 5) is 8.04. The van der Waals surface area contributed by atoms with Crippen molar-refractivity contribution in [2.45, 2.75) is 28.4 Å². The van der Waals surface area contributed by atoms with Crippen LogP contribution in [0.3, 0.4) is 0 Å². The maximum Gasteiger partial charge on any atom is 0.446 e. The van der Waals surface area contributed by atoms with Gasteiger partial charge in [0.15, 0.2) is 21.3 Å². The van der Waals surface area contributed by atoms with Gasteiger partial charge in [0.25, 0.3) is 0 Å². The number of aromatic nitrogens is 5. The van der Waals surface area contributed by atoms with E-state index in [2.05, 4.69) is 15.1 Å². The van der Waals surface area contributed by atoms with Crippen LogP contribution in [0.1, 0.15) is 12.6 Å². The largest absolute Gasteiger partial charge is 0.446 e. The number of nitrogens with zero attached hydrogens (tertiary/aromatic N) is 5. The van der Waals surface area contributed by atoms with Crippen molar-refractivity contribution in [1.82, 2.24) is 24.1 Å². The lowest BCUT2D eigenvalue weighted by Crippen LogP contribution is -2.10. The van der Waals surface area contributed by atoms with Crippen molar-refractivity contribution < 1.29 is 34.8 Å². The number of rotatable bonds is 5. The third kappa shape index (κ3) is 4.89. The van der Waals surface area contributed by atoms with Crippen LogP contribution < -0.4 is 0 Å². The summed E-state index contributed by atoms with van der Waals surface area (Å²) in [6.45, 7) is 1.40. The number of hydrogen-bond donors (Lipinski definition) is 0. The zero-order valence-corrected chi connectivity index (χ0v) is 18.6. The van der Waals surface area contributed by atoms with Gasteiger partial charge in [-0.25, -0.2) is 23.1 Å². The van der Waals surface area contributed by atoms with Crippen molar-refractivity contribution in [3.63, 3.8) is 0 Å². The Kier molecular flexibility index (Phi) is 5.88. The molecule has 0 aromatic carbocycles. The summed E-state index contributed by atoms with van der Waals surface area (Å²) in [7, 11) is -3.84. The van der Waals surface area contributed by atoms with Gasteiger partial charge >= 0.3 is 11.7 Å². The Morgan fingerprint density at radius 1 is 1.00 bits per heavy atom. The van der Waals surface area contributed by atoms with E-state index >= 15 is 0 Å². The maximum absolute atomic E-state index is 12.9. The van der Waals surface area contributed by atoms with Crippen molar-refractivity contribution in [3.8, 4) is 17.2 Å². The highest BCUT2D eigenvalue weighted by Gasteiger charge is 2.34. The molecule has 0 bridgehead atoms. The van der Waals surface area contributed by atoms with Crippen LogP contribution in [0.5, 0.6) is 0 Å². The van der Waals surface area contributed by atoms with Crippen molar-refractivity contribution in [1.29, 1.82) is 0 Å². The average molecular weight is 521 g/mol. The molecule has 0 atom stereocenters. The van der Waals surface area contributed by atoms with Crippen LogP contribution in [0, 0.1) is 0 Å². The van der Waals surface area contributed by atoms with Crippen LogP contribution in [0.25, 0.3) is 22.9 Å². The molecular weight excluding hydrogens is 508 g/mol. The molecule has 0 fully saturated rings. The Hall–Kier alpha value is -3.07. The standard InChI is InChI=1S/C19H13F6N5O2S2/c1-2-34(31,32)13-3-4-15(30-8-6-14(28-30)18(20,21)22)27-17(13)12-10-29-7-5-11(9-16(29)26-12)33-19(23,24)25/h3-10H,2H2,1H3. The van der Waals surface area contributed by atoms with Crippen LogP contribution in [0.4, 0.5) is 26.3 Å². The number of alkyl halides is 6. The molecule has 0 radical (unpaired) electrons. The molecule has 0 unspecified atom stereocenters. The molecule has 34 heavy (non-hydrogen) atoms. The number of fused-ring (bicyclic) bond motifs is 1. The van der Waals surface area contributed by atoms with Crippen LogP contribution in [0.15, 0.2) is 58.7 Å². The van der Waals surface area contributed by atoms with E-state index in [9.17, 15) is 34.8 Å². The lowest BCUT2D eigenvalue weighted by Gasteiger charge is -2.09. The number of sulfone groups is 1. The molecule has 0 aliphatic heterocycles. The molecular formula is C19H13F6N5O2S2. The Morgan fingerprint density at radius 2 is 1.74 bits per heavy atom. The third-order valence-corrected chi connectivity index (χ3v) is 7.06. The van der Waals surface area contributed by atoms with Gasteiger partial charge in [0.05, 0.1) is 10.6 Å². The van der Waals surface area contributed by atoms with Gasteiger partial charge < -0.3 is 4.40 Å². The minimum Gasteiger partial charge on any atom is -0.306 e. The molecule has 0 saturated carbocycles. The van der Waals surface area contributed by atoms with Gasteiger partial charge in [-0.1, -0.05) is 6.92 Å². The van der Waals surface area contributed by atoms with Crippen molar-refractivity contribution in [3.05, 3.63) is 54.6 Å². The van der Waals surface area contributed by atoms with Gasteiger partial charge in [-0.2, -0.15) is 31.4 Å². The van der Waals surface area contributed by atoms with Gasteiger partial charge in [-0.05, 0) is 42.1 Å². The first kappa shape index (κ1) is 24.1. The van der Waals surface area contributed by atoms with Crippen LogP contribution >= 0.6 is 11.8 Å². The van der Waals surface area contributed by atoms with E-state index in [1.165, 1.54) is 48.0 Å². The number of pyridine rings is 2. The van der Waals surface area contributed by atoms with Crippen LogP contribution in [-0.4, -0.2) is 43.8 Å². The lowest BCUT2D eigenvalue weighted by molar-refractivity contribution is -0.141. The van der Waals surface area contributed by atoms with E-state index in [0.717, 1.165) is 16.9 Å². The molecule has 4 aromatic heterocycles. The number of imidazole rings is 1. The molecule has 0 aliphatic rings. The van der Waals surface area contributed by atoms with Gasteiger partial charge in [0.2, 0.25) is 0 Å². The van der Waals surface area contributed by atoms with Gasteiger partial charge in [-0.3, -0.25) is 0 Å². The van der Waals surface area contributed by atoms with Gasteiger partial charge in [0.1, 0.15) is 17.0 Å². The second-order valence-corrected chi connectivity index (χ2v) is 10.2.